The van der Waals surface area contributed by atoms with E-state index in [2.05, 4.69) is 9.71 Å². The Kier molecular flexibility index (Phi) is 3.67. The van der Waals surface area contributed by atoms with Crippen LogP contribution in [0.5, 0.6) is 0 Å². The lowest BCUT2D eigenvalue weighted by Gasteiger charge is -2.29. The fourth-order valence-electron chi connectivity index (χ4n) is 1.00. The van der Waals surface area contributed by atoms with Gasteiger partial charge in [0.1, 0.15) is 4.90 Å². The summed E-state index contributed by atoms with van der Waals surface area (Å²) in [5.41, 5.74) is 5.01. The first kappa shape index (κ1) is 13.1. The summed E-state index contributed by atoms with van der Waals surface area (Å²) in [5, 5.41) is 0. The Hall–Kier alpha value is -0.980. The third-order valence-corrected chi connectivity index (χ3v) is 4.14. The molecule has 1 rings (SSSR count). The number of sulfonamides is 1. The summed E-state index contributed by atoms with van der Waals surface area (Å²) in [4.78, 5) is 3.92. The van der Waals surface area contributed by atoms with E-state index in [1.165, 1.54) is 18.5 Å². The van der Waals surface area contributed by atoms with Gasteiger partial charge in [-0.15, -0.1) is 0 Å². The molecule has 0 amide bonds. The molecule has 0 aliphatic heterocycles. The van der Waals surface area contributed by atoms with Gasteiger partial charge in [0.15, 0.2) is 0 Å². The molecule has 16 heavy (non-hydrogen) atoms. The summed E-state index contributed by atoms with van der Waals surface area (Å²) in [5.74, 6) is 0. The summed E-state index contributed by atoms with van der Waals surface area (Å²) in [6, 6.07) is 2.78. The molecule has 0 spiro atoms. The molecule has 1 atom stereocenters. The van der Waals surface area contributed by atoms with Gasteiger partial charge in [-0.2, -0.15) is 0 Å². The lowest BCUT2D eigenvalue weighted by Crippen LogP contribution is -2.54. The zero-order valence-electron chi connectivity index (χ0n) is 9.64. The number of nitrogens with one attached hydrogen (secondary N) is 1. The number of nitrogens with two attached hydrogens (primary N) is 1. The van der Waals surface area contributed by atoms with Crippen molar-refractivity contribution in [3.05, 3.63) is 24.5 Å². The SMILES string of the molecule is CC(N)C(C)(C)NS(=O)(=O)c1cccnc1. The molecule has 1 heterocycles. The van der Waals surface area contributed by atoms with Crippen molar-refractivity contribution in [3.8, 4) is 0 Å². The van der Waals surface area contributed by atoms with E-state index in [0.29, 0.717) is 0 Å². The van der Waals surface area contributed by atoms with E-state index in [1.807, 2.05) is 0 Å². The molecule has 0 radical (unpaired) electrons. The Morgan fingerprint density at radius 1 is 1.50 bits per heavy atom. The van der Waals surface area contributed by atoms with Crippen molar-refractivity contribution in [2.24, 2.45) is 5.73 Å². The molecular weight excluding hydrogens is 226 g/mol. The molecule has 0 saturated heterocycles. The topological polar surface area (TPSA) is 85.1 Å². The average Bonchev–Trinajstić information content (AvgIpc) is 2.17. The van der Waals surface area contributed by atoms with Crippen molar-refractivity contribution < 1.29 is 8.42 Å². The smallest absolute Gasteiger partial charge is 0.242 e. The molecule has 6 heteroatoms. The molecule has 90 valence electrons. The van der Waals surface area contributed by atoms with Crippen molar-refractivity contribution >= 4 is 10.0 Å². The second kappa shape index (κ2) is 4.48. The minimum Gasteiger partial charge on any atom is -0.326 e. The molecule has 1 aromatic rings. The Labute approximate surface area is 96.1 Å². The molecule has 0 aliphatic carbocycles. The number of rotatable bonds is 4. The normalized spacial score (nSPS) is 14.8. The average molecular weight is 243 g/mol. The largest absolute Gasteiger partial charge is 0.326 e. The minimum absolute atomic E-state index is 0.142. The van der Waals surface area contributed by atoms with Crippen molar-refractivity contribution in [2.45, 2.75) is 37.2 Å². The first-order chi connectivity index (χ1) is 7.26. The Morgan fingerprint density at radius 2 is 2.12 bits per heavy atom. The van der Waals surface area contributed by atoms with E-state index < -0.39 is 15.6 Å². The van der Waals surface area contributed by atoms with Crippen LogP contribution in [0.1, 0.15) is 20.8 Å². The van der Waals surface area contributed by atoms with Gasteiger partial charge in [-0.05, 0) is 32.9 Å². The molecule has 5 nitrogen and oxygen atoms in total. The zero-order valence-corrected chi connectivity index (χ0v) is 10.5. The summed E-state index contributed by atoms with van der Waals surface area (Å²) in [7, 11) is -3.56. The van der Waals surface area contributed by atoms with Crippen LogP contribution >= 0.6 is 0 Å². The maximum atomic E-state index is 11.9. The van der Waals surface area contributed by atoms with E-state index >= 15 is 0 Å². The highest BCUT2D eigenvalue weighted by Crippen LogP contribution is 2.13. The highest BCUT2D eigenvalue weighted by Gasteiger charge is 2.29. The zero-order chi connectivity index (χ0) is 12.4. The van der Waals surface area contributed by atoms with E-state index in [0.717, 1.165) is 0 Å². The molecule has 1 aromatic heterocycles. The van der Waals surface area contributed by atoms with E-state index in [9.17, 15) is 8.42 Å². The van der Waals surface area contributed by atoms with Gasteiger partial charge in [0.2, 0.25) is 10.0 Å². The van der Waals surface area contributed by atoms with E-state index in [1.54, 1.807) is 26.8 Å². The van der Waals surface area contributed by atoms with Crippen LogP contribution in [0.15, 0.2) is 29.4 Å². The van der Waals surface area contributed by atoms with Crippen LogP contribution < -0.4 is 10.5 Å². The highest BCUT2D eigenvalue weighted by molar-refractivity contribution is 7.89. The third-order valence-electron chi connectivity index (χ3n) is 2.48. The molecule has 0 saturated carbocycles. The standard InChI is InChI=1S/C10H17N3O2S/c1-8(11)10(2,3)13-16(14,15)9-5-4-6-12-7-9/h4-8,13H,11H2,1-3H3. The van der Waals surface area contributed by atoms with Gasteiger partial charge in [-0.25, -0.2) is 13.1 Å². The van der Waals surface area contributed by atoms with E-state index in [-0.39, 0.29) is 10.9 Å². The Balaban J connectivity index is 2.98. The molecule has 1 unspecified atom stereocenters. The number of nitrogens with zero attached hydrogens (tertiary/aromatic N) is 1. The van der Waals surface area contributed by atoms with E-state index in [4.69, 9.17) is 5.73 Å². The van der Waals surface area contributed by atoms with Crippen LogP contribution in [0.25, 0.3) is 0 Å². The lowest BCUT2D eigenvalue weighted by molar-refractivity contribution is 0.387. The molecule has 0 bridgehead atoms. The van der Waals surface area contributed by atoms with Crippen LogP contribution in [-0.4, -0.2) is 25.0 Å². The summed E-state index contributed by atoms with van der Waals surface area (Å²) < 4.78 is 26.4. The predicted octanol–water partition coefficient (Wildman–Crippen LogP) is 0.486. The first-order valence-electron chi connectivity index (χ1n) is 4.95. The fourth-order valence-corrected chi connectivity index (χ4v) is 2.46. The van der Waals surface area contributed by atoms with Crippen molar-refractivity contribution in [1.82, 2.24) is 9.71 Å². The number of pyridine rings is 1. The Morgan fingerprint density at radius 3 is 2.56 bits per heavy atom. The van der Waals surface area contributed by atoms with Gasteiger partial charge in [0.25, 0.3) is 0 Å². The van der Waals surface area contributed by atoms with Crippen molar-refractivity contribution in [1.29, 1.82) is 0 Å². The Bertz CT molecular complexity index is 440. The summed E-state index contributed by atoms with van der Waals surface area (Å²) in [6.07, 6.45) is 2.83. The van der Waals surface area contributed by atoms with Gasteiger partial charge < -0.3 is 5.73 Å². The molecule has 3 N–H and O–H groups in total. The monoisotopic (exact) mass is 243 g/mol. The maximum Gasteiger partial charge on any atom is 0.242 e. The third kappa shape index (κ3) is 3.01. The molecule has 0 aromatic carbocycles. The minimum atomic E-state index is -3.56. The maximum absolute atomic E-state index is 11.9. The number of hydrogen-bond donors (Lipinski definition) is 2. The van der Waals surface area contributed by atoms with Gasteiger partial charge >= 0.3 is 0 Å². The van der Waals surface area contributed by atoms with Gasteiger partial charge in [0, 0.05) is 24.0 Å². The van der Waals surface area contributed by atoms with Gasteiger partial charge in [-0.3, -0.25) is 4.98 Å². The first-order valence-corrected chi connectivity index (χ1v) is 6.43. The van der Waals surface area contributed by atoms with Gasteiger partial charge in [-0.1, -0.05) is 0 Å². The van der Waals surface area contributed by atoms with Crippen LogP contribution in [0.3, 0.4) is 0 Å². The van der Waals surface area contributed by atoms with Gasteiger partial charge in [0.05, 0.1) is 0 Å². The van der Waals surface area contributed by atoms with Crippen molar-refractivity contribution in [3.63, 3.8) is 0 Å². The quantitative estimate of drug-likeness (QED) is 0.805. The fraction of sp³-hybridized carbons (Fsp3) is 0.500. The van der Waals surface area contributed by atoms with Crippen LogP contribution in [-0.2, 0) is 10.0 Å². The van der Waals surface area contributed by atoms with Crippen LogP contribution in [0.4, 0.5) is 0 Å². The number of hydrogen-bond acceptors (Lipinski definition) is 4. The van der Waals surface area contributed by atoms with Crippen molar-refractivity contribution in [2.75, 3.05) is 0 Å². The van der Waals surface area contributed by atoms with Crippen LogP contribution in [0.2, 0.25) is 0 Å². The highest BCUT2D eigenvalue weighted by atomic mass is 32.2. The number of aromatic nitrogens is 1. The lowest BCUT2D eigenvalue weighted by atomic mass is 9.99. The van der Waals surface area contributed by atoms with Crippen LogP contribution in [0, 0.1) is 0 Å². The molecular formula is C10H17N3O2S. The summed E-state index contributed by atoms with van der Waals surface area (Å²) in [6.45, 7) is 5.24. The molecule has 0 fully saturated rings. The molecule has 0 aliphatic rings. The summed E-state index contributed by atoms with van der Waals surface area (Å²) >= 11 is 0. The predicted molar refractivity (Wildman–Crippen MR) is 62.3 cm³/mol. The second-order valence-corrected chi connectivity index (χ2v) is 5.99. The second-order valence-electron chi connectivity index (χ2n) is 4.30.